The number of aromatic amines is 1. The van der Waals surface area contributed by atoms with E-state index in [9.17, 15) is 4.79 Å². The zero-order valence-corrected chi connectivity index (χ0v) is 14.5. The summed E-state index contributed by atoms with van der Waals surface area (Å²) in [5.74, 6) is 1.68. The molecule has 0 unspecified atom stereocenters. The van der Waals surface area contributed by atoms with Gasteiger partial charge in [-0.15, -0.1) is 0 Å². The average molecular weight is 341 g/mol. The second-order valence-corrected chi connectivity index (χ2v) is 6.11. The molecule has 25 heavy (non-hydrogen) atoms. The molecule has 0 radical (unpaired) electrons. The zero-order valence-electron chi connectivity index (χ0n) is 14.5. The number of H-pyrrole nitrogens is 1. The summed E-state index contributed by atoms with van der Waals surface area (Å²) in [6.45, 7) is 0.764. The monoisotopic (exact) mass is 341 g/mol. The fourth-order valence-electron chi connectivity index (χ4n) is 3.14. The number of nitrogens with zero attached hydrogens (tertiary/aromatic N) is 1. The van der Waals surface area contributed by atoms with Crippen LogP contribution in [0.3, 0.4) is 0 Å². The zero-order chi connectivity index (χ0) is 17.6. The Kier molecular flexibility index (Phi) is 5.38. The number of carbonyl (C=O) groups is 1. The first-order valence-electron chi connectivity index (χ1n) is 8.36. The Bertz CT molecular complexity index is 753. The maximum Gasteiger partial charge on any atom is 0.160 e. The third kappa shape index (κ3) is 4.21. The van der Waals surface area contributed by atoms with Gasteiger partial charge in [0.15, 0.2) is 17.3 Å². The lowest BCUT2D eigenvalue weighted by atomic mass is 9.85. The first kappa shape index (κ1) is 17.1. The number of methoxy groups -OCH3 is 2. The average Bonchev–Trinajstić information content (AvgIpc) is 3.14. The maximum atomic E-state index is 12.1. The van der Waals surface area contributed by atoms with Gasteiger partial charge in [-0.05, 0) is 30.0 Å². The molecule has 0 saturated heterocycles. The number of allylic oxidation sites excluding steroid dienone is 2. The quantitative estimate of drug-likeness (QED) is 0.809. The lowest BCUT2D eigenvalue weighted by Crippen LogP contribution is -2.24. The summed E-state index contributed by atoms with van der Waals surface area (Å²) < 4.78 is 10.7. The highest BCUT2D eigenvalue weighted by atomic mass is 16.5. The van der Waals surface area contributed by atoms with Gasteiger partial charge < -0.3 is 19.8 Å². The normalized spacial score (nSPS) is 17.1. The Labute approximate surface area is 147 Å². The molecular formula is C19H23N3O3. The highest BCUT2D eigenvalue weighted by Crippen LogP contribution is 2.36. The van der Waals surface area contributed by atoms with E-state index in [1.54, 1.807) is 26.6 Å². The molecule has 6 nitrogen and oxygen atoms in total. The second kappa shape index (κ2) is 7.88. The molecule has 132 valence electrons. The van der Waals surface area contributed by atoms with Crippen molar-refractivity contribution in [1.29, 1.82) is 0 Å². The molecule has 0 saturated carbocycles. The highest BCUT2D eigenvalue weighted by molar-refractivity contribution is 5.92. The van der Waals surface area contributed by atoms with Crippen molar-refractivity contribution in [1.82, 2.24) is 15.3 Å². The van der Waals surface area contributed by atoms with Crippen molar-refractivity contribution >= 4 is 5.78 Å². The van der Waals surface area contributed by atoms with Gasteiger partial charge in [-0.1, -0.05) is 6.07 Å². The van der Waals surface area contributed by atoms with E-state index >= 15 is 0 Å². The molecular weight excluding hydrogens is 318 g/mol. The number of hydrogen-bond acceptors (Lipinski definition) is 5. The molecule has 1 atom stereocenters. The third-order valence-corrected chi connectivity index (χ3v) is 4.43. The molecule has 2 N–H and O–H groups in total. The summed E-state index contributed by atoms with van der Waals surface area (Å²) in [6, 6.07) is 5.86. The van der Waals surface area contributed by atoms with E-state index in [0.717, 1.165) is 36.3 Å². The number of benzene rings is 1. The van der Waals surface area contributed by atoms with Crippen LogP contribution < -0.4 is 14.8 Å². The van der Waals surface area contributed by atoms with Crippen molar-refractivity contribution in [2.45, 2.75) is 25.2 Å². The maximum absolute atomic E-state index is 12.1. The van der Waals surface area contributed by atoms with Crippen LogP contribution in [0, 0.1) is 0 Å². The van der Waals surface area contributed by atoms with E-state index in [4.69, 9.17) is 9.47 Å². The minimum Gasteiger partial charge on any atom is -0.493 e. The molecule has 1 aromatic carbocycles. The van der Waals surface area contributed by atoms with Crippen LogP contribution in [0.5, 0.6) is 11.5 Å². The Morgan fingerprint density at radius 2 is 2.08 bits per heavy atom. The van der Waals surface area contributed by atoms with Crippen LogP contribution in [-0.2, 0) is 11.2 Å². The number of imidazole rings is 1. The summed E-state index contributed by atoms with van der Waals surface area (Å²) in [4.78, 5) is 19.2. The van der Waals surface area contributed by atoms with Crippen LogP contribution in [0.2, 0.25) is 0 Å². The minimum atomic E-state index is 0.145. The van der Waals surface area contributed by atoms with Gasteiger partial charge in [0.1, 0.15) is 0 Å². The predicted molar refractivity (Wildman–Crippen MR) is 94.9 cm³/mol. The van der Waals surface area contributed by atoms with Crippen molar-refractivity contribution in [3.05, 3.63) is 53.8 Å². The Morgan fingerprint density at radius 3 is 2.80 bits per heavy atom. The van der Waals surface area contributed by atoms with Crippen molar-refractivity contribution in [2.75, 3.05) is 20.8 Å². The summed E-state index contributed by atoms with van der Waals surface area (Å²) in [6.07, 6.45) is 7.38. The standard InChI is InChI=1S/C19H23N3O3/c1-24-18-4-3-13(9-19(18)25-2)14-7-16(10-17(23)8-14)21-6-5-15-11-20-12-22-15/h3-4,9-12,14,21H,5-8H2,1-2H3,(H,20,22)/t14-/m1/s1. The summed E-state index contributed by atoms with van der Waals surface area (Å²) in [5, 5.41) is 3.38. The van der Waals surface area contributed by atoms with Crippen LogP contribution in [0.1, 0.15) is 30.0 Å². The van der Waals surface area contributed by atoms with E-state index in [-0.39, 0.29) is 11.7 Å². The van der Waals surface area contributed by atoms with Gasteiger partial charge in [-0.3, -0.25) is 4.79 Å². The van der Waals surface area contributed by atoms with Crippen LogP contribution in [0.4, 0.5) is 0 Å². The highest BCUT2D eigenvalue weighted by Gasteiger charge is 2.23. The molecule has 0 spiro atoms. The molecule has 1 aliphatic carbocycles. The summed E-state index contributed by atoms with van der Waals surface area (Å²) in [7, 11) is 3.24. The van der Waals surface area contributed by atoms with Crippen LogP contribution in [0.15, 0.2) is 42.5 Å². The van der Waals surface area contributed by atoms with Gasteiger partial charge in [-0.25, -0.2) is 4.98 Å². The van der Waals surface area contributed by atoms with Gasteiger partial charge in [0.2, 0.25) is 0 Å². The predicted octanol–water partition coefficient (Wildman–Crippen LogP) is 2.59. The Hall–Kier alpha value is -2.76. The fraction of sp³-hybridized carbons (Fsp3) is 0.368. The van der Waals surface area contributed by atoms with Gasteiger partial charge in [0.05, 0.1) is 20.5 Å². The first-order valence-corrected chi connectivity index (χ1v) is 8.36. The molecule has 1 aromatic heterocycles. The van der Waals surface area contributed by atoms with E-state index in [1.807, 2.05) is 24.4 Å². The number of ketones is 1. The van der Waals surface area contributed by atoms with Gasteiger partial charge in [0, 0.05) is 43.1 Å². The van der Waals surface area contributed by atoms with E-state index < -0.39 is 0 Å². The van der Waals surface area contributed by atoms with Crippen LogP contribution in [-0.4, -0.2) is 36.5 Å². The van der Waals surface area contributed by atoms with Crippen LogP contribution >= 0.6 is 0 Å². The van der Waals surface area contributed by atoms with E-state index in [0.29, 0.717) is 17.9 Å². The number of nitrogens with one attached hydrogen (secondary N) is 2. The summed E-state index contributed by atoms with van der Waals surface area (Å²) >= 11 is 0. The molecule has 0 amide bonds. The number of aromatic nitrogens is 2. The van der Waals surface area contributed by atoms with Gasteiger partial charge in [-0.2, -0.15) is 0 Å². The largest absolute Gasteiger partial charge is 0.493 e. The molecule has 2 aromatic rings. The number of rotatable bonds is 7. The minimum absolute atomic E-state index is 0.145. The first-order chi connectivity index (χ1) is 12.2. The SMILES string of the molecule is COc1ccc([C@H]2CC(=O)C=C(NCCc3cnc[nH]3)C2)cc1OC. The van der Waals surface area contributed by atoms with E-state index in [2.05, 4.69) is 15.3 Å². The van der Waals surface area contributed by atoms with Crippen LogP contribution in [0.25, 0.3) is 0 Å². The van der Waals surface area contributed by atoms with Crippen molar-refractivity contribution in [2.24, 2.45) is 0 Å². The number of ether oxygens (including phenoxy) is 2. The molecule has 0 aliphatic heterocycles. The fourth-order valence-corrected chi connectivity index (χ4v) is 3.14. The number of carbonyl (C=O) groups excluding carboxylic acids is 1. The van der Waals surface area contributed by atoms with Crippen molar-refractivity contribution in [3.8, 4) is 11.5 Å². The number of hydrogen-bond donors (Lipinski definition) is 2. The van der Waals surface area contributed by atoms with E-state index in [1.165, 1.54) is 0 Å². The lowest BCUT2D eigenvalue weighted by molar-refractivity contribution is -0.115. The van der Waals surface area contributed by atoms with Crippen molar-refractivity contribution < 1.29 is 14.3 Å². The Balaban J connectivity index is 1.65. The lowest BCUT2D eigenvalue weighted by Gasteiger charge is -2.24. The smallest absolute Gasteiger partial charge is 0.160 e. The third-order valence-electron chi connectivity index (χ3n) is 4.43. The Morgan fingerprint density at radius 1 is 1.24 bits per heavy atom. The molecule has 0 fully saturated rings. The molecule has 3 rings (SSSR count). The molecule has 0 bridgehead atoms. The summed E-state index contributed by atoms with van der Waals surface area (Å²) in [5.41, 5.74) is 3.15. The molecule has 1 aliphatic rings. The van der Waals surface area contributed by atoms with Gasteiger partial charge >= 0.3 is 0 Å². The van der Waals surface area contributed by atoms with Crippen molar-refractivity contribution in [3.63, 3.8) is 0 Å². The van der Waals surface area contributed by atoms with Gasteiger partial charge in [0.25, 0.3) is 0 Å². The topological polar surface area (TPSA) is 76.2 Å². The molecule has 1 heterocycles. The second-order valence-electron chi connectivity index (χ2n) is 6.11. The molecule has 6 heteroatoms.